The SMILES string of the molecule is CC(C)N(CCNCc1cnn(-c2ccccc2)c1)C(C)C. The average molecular weight is 300 g/mol. The van der Waals surface area contributed by atoms with E-state index in [4.69, 9.17) is 0 Å². The average Bonchev–Trinajstić information content (AvgIpc) is 2.96. The van der Waals surface area contributed by atoms with Crippen LogP contribution >= 0.6 is 0 Å². The molecule has 0 aliphatic carbocycles. The van der Waals surface area contributed by atoms with Crippen LogP contribution in [-0.2, 0) is 6.54 Å². The van der Waals surface area contributed by atoms with Gasteiger partial charge in [-0.3, -0.25) is 4.90 Å². The van der Waals surface area contributed by atoms with Gasteiger partial charge in [0.2, 0.25) is 0 Å². The number of nitrogens with one attached hydrogen (secondary N) is 1. The lowest BCUT2D eigenvalue weighted by Crippen LogP contribution is -2.41. The molecule has 4 nitrogen and oxygen atoms in total. The van der Waals surface area contributed by atoms with Crippen molar-refractivity contribution in [1.82, 2.24) is 20.0 Å². The molecule has 22 heavy (non-hydrogen) atoms. The number of para-hydroxylation sites is 1. The summed E-state index contributed by atoms with van der Waals surface area (Å²) in [5.41, 5.74) is 2.31. The second-order valence-corrected chi connectivity index (χ2v) is 6.23. The first-order valence-electron chi connectivity index (χ1n) is 8.13. The highest BCUT2D eigenvalue weighted by molar-refractivity contribution is 5.30. The largest absolute Gasteiger partial charge is 0.311 e. The lowest BCUT2D eigenvalue weighted by molar-refractivity contribution is 0.176. The Morgan fingerprint density at radius 2 is 1.77 bits per heavy atom. The van der Waals surface area contributed by atoms with Crippen LogP contribution in [0.3, 0.4) is 0 Å². The van der Waals surface area contributed by atoms with E-state index in [0.717, 1.165) is 25.3 Å². The van der Waals surface area contributed by atoms with Crippen LogP contribution in [0.4, 0.5) is 0 Å². The fourth-order valence-corrected chi connectivity index (χ4v) is 2.73. The van der Waals surface area contributed by atoms with E-state index in [1.54, 1.807) is 0 Å². The highest BCUT2D eigenvalue weighted by Gasteiger charge is 2.12. The van der Waals surface area contributed by atoms with Crippen LogP contribution in [0, 0.1) is 0 Å². The van der Waals surface area contributed by atoms with Crippen LogP contribution in [0.15, 0.2) is 42.7 Å². The predicted molar refractivity (Wildman–Crippen MR) is 92.2 cm³/mol. The van der Waals surface area contributed by atoms with Crippen molar-refractivity contribution in [3.8, 4) is 5.69 Å². The summed E-state index contributed by atoms with van der Waals surface area (Å²) in [6, 6.07) is 11.4. The molecule has 1 heterocycles. The summed E-state index contributed by atoms with van der Waals surface area (Å²) in [6.45, 7) is 11.9. The molecule has 0 saturated heterocycles. The Hall–Kier alpha value is -1.65. The molecular formula is C18H28N4. The van der Waals surface area contributed by atoms with E-state index in [2.05, 4.69) is 61.3 Å². The Balaban J connectivity index is 1.80. The van der Waals surface area contributed by atoms with E-state index in [9.17, 15) is 0 Å². The molecule has 0 radical (unpaired) electrons. The van der Waals surface area contributed by atoms with Gasteiger partial charge < -0.3 is 5.32 Å². The summed E-state index contributed by atoms with van der Waals surface area (Å²) in [7, 11) is 0. The Bertz CT molecular complexity index is 537. The molecule has 120 valence electrons. The molecule has 1 N–H and O–H groups in total. The maximum Gasteiger partial charge on any atom is 0.0645 e. The third-order valence-electron chi connectivity index (χ3n) is 3.86. The van der Waals surface area contributed by atoms with Crippen molar-refractivity contribution in [2.45, 2.75) is 46.3 Å². The highest BCUT2D eigenvalue weighted by atomic mass is 15.3. The molecule has 2 aromatic rings. The van der Waals surface area contributed by atoms with Gasteiger partial charge in [-0.2, -0.15) is 5.10 Å². The minimum Gasteiger partial charge on any atom is -0.311 e. The fraction of sp³-hybridized carbons (Fsp3) is 0.500. The maximum absolute atomic E-state index is 4.42. The molecule has 2 rings (SSSR count). The van der Waals surface area contributed by atoms with Crippen LogP contribution in [0.5, 0.6) is 0 Å². The van der Waals surface area contributed by atoms with Crippen LogP contribution in [-0.4, -0.2) is 39.9 Å². The first-order valence-corrected chi connectivity index (χ1v) is 8.13. The van der Waals surface area contributed by atoms with Gasteiger partial charge in [-0.05, 0) is 39.8 Å². The number of aromatic nitrogens is 2. The summed E-state index contributed by atoms with van der Waals surface area (Å²) >= 11 is 0. The van der Waals surface area contributed by atoms with Crippen molar-refractivity contribution in [3.63, 3.8) is 0 Å². The molecule has 0 unspecified atom stereocenters. The highest BCUT2D eigenvalue weighted by Crippen LogP contribution is 2.07. The summed E-state index contributed by atoms with van der Waals surface area (Å²) in [6.07, 6.45) is 4.02. The van der Waals surface area contributed by atoms with Crippen molar-refractivity contribution in [2.24, 2.45) is 0 Å². The first kappa shape index (κ1) is 16.7. The molecule has 0 amide bonds. The second kappa shape index (κ2) is 8.11. The zero-order chi connectivity index (χ0) is 15.9. The zero-order valence-electron chi connectivity index (χ0n) is 14.2. The summed E-state index contributed by atoms with van der Waals surface area (Å²) in [4.78, 5) is 2.50. The van der Waals surface area contributed by atoms with Crippen molar-refractivity contribution in [2.75, 3.05) is 13.1 Å². The van der Waals surface area contributed by atoms with Gasteiger partial charge in [0.25, 0.3) is 0 Å². The minimum atomic E-state index is 0.586. The smallest absolute Gasteiger partial charge is 0.0645 e. The summed E-state index contributed by atoms with van der Waals surface area (Å²) < 4.78 is 1.92. The number of benzene rings is 1. The zero-order valence-corrected chi connectivity index (χ0v) is 14.2. The maximum atomic E-state index is 4.42. The summed E-state index contributed by atoms with van der Waals surface area (Å²) in [5, 5.41) is 7.93. The van der Waals surface area contributed by atoms with Crippen LogP contribution in [0.2, 0.25) is 0 Å². The van der Waals surface area contributed by atoms with Crippen molar-refractivity contribution >= 4 is 0 Å². The Morgan fingerprint density at radius 1 is 1.09 bits per heavy atom. The molecule has 0 atom stereocenters. The van der Waals surface area contributed by atoms with Gasteiger partial charge in [-0.15, -0.1) is 0 Å². The standard InChI is InChI=1S/C18H28N4/c1-15(2)21(16(3)4)11-10-19-12-17-13-20-22(14-17)18-8-6-5-7-9-18/h5-9,13-16,19H,10-12H2,1-4H3. The third-order valence-corrected chi connectivity index (χ3v) is 3.86. The van der Waals surface area contributed by atoms with Crippen LogP contribution in [0.1, 0.15) is 33.3 Å². The first-order chi connectivity index (χ1) is 10.6. The number of rotatable bonds is 8. The molecule has 1 aromatic carbocycles. The van der Waals surface area contributed by atoms with Gasteiger partial charge in [-0.25, -0.2) is 4.68 Å². The Morgan fingerprint density at radius 3 is 2.41 bits per heavy atom. The molecule has 4 heteroatoms. The predicted octanol–water partition coefficient (Wildman–Crippen LogP) is 3.08. The topological polar surface area (TPSA) is 33.1 Å². The molecule has 0 spiro atoms. The third kappa shape index (κ3) is 4.68. The summed E-state index contributed by atoms with van der Waals surface area (Å²) in [5.74, 6) is 0. The molecule has 0 fully saturated rings. The number of hydrogen-bond acceptors (Lipinski definition) is 3. The van der Waals surface area contributed by atoms with E-state index in [1.165, 1.54) is 5.56 Å². The minimum absolute atomic E-state index is 0.586. The Labute approximate surface area is 134 Å². The second-order valence-electron chi connectivity index (χ2n) is 6.23. The molecular weight excluding hydrogens is 272 g/mol. The Kier molecular flexibility index (Phi) is 6.16. The van der Waals surface area contributed by atoms with Gasteiger partial charge in [-0.1, -0.05) is 18.2 Å². The molecule has 0 saturated carbocycles. The lowest BCUT2D eigenvalue weighted by atomic mass is 10.2. The lowest BCUT2D eigenvalue weighted by Gasteiger charge is -2.30. The van der Waals surface area contributed by atoms with Gasteiger partial charge in [0.1, 0.15) is 0 Å². The van der Waals surface area contributed by atoms with Crippen LogP contribution < -0.4 is 5.32 Å². The monoisotopic (exact) mass is 300 g/mol. The molecule has 1 aromatic heterocycles. The van der Waals surface area contributed by atoms with E-state index in [0.29, 0.717) is 12.1 Å². The molecule has 0 bridgehead atoms. The quantitative estimate of drug-likeness (QED) is 0.761. The molecule has 0 aliphatic rings. The van der Waals surface area contributed by atoms with E-state index < -0.39 is 0 Å². The van der Waals surface area contributed by atoms with Gasteiger partial charge in [0.05, 0.1) is 11.9 Å². The van der Waals surface area contributed by atoms with E-state index >= 15 is 0 Å². The number of hydrogen-bond donors (Lipinski definition) is 1. The van der Waals surface area contributed by atoms with Gasteiger partial charge in [0, 0.05) is 43.5 Å². The van der Waals surface area contributed by atoms with E-state index in [1.807, 2.05) is 29.1 Å². The van der Waals surface area contributed by atoms with Gasteiger partial charge >= 0.3 is 0 Å². The normalized spacial score (nSPS) is 11.8. The van der Waals surface area contributed by atoms with Crippen molar-refractivity contribution in [1.29, 1.82) is 0 Å². The van der Waals surface area contributed by atoms with E-state index in [-0.39, 0.29) is 0 Å². The van der Waals surface area contributed by atoms with Crippen molar-refractivity contribution in [3.05, 3.63) is 48.3 Å². The van der Waals surface area contributed by atoms with Crippen LogP contribution in [0.25, 0.3) is 5.69 Å². The molecule has 0 aliphatic heterocycles. The van der Waals surface area contributed by atoms with Crippen molar-refractivity contribution < 1.29 is 0 Å². The van der Waals surface area contributed by atoms with Gasteiger partial charge in [0.15, 0.2) is 0 Å². The number of nitrogens with zero attached hydrogens (tertiary/aromatic N) is 3. The fourth-order valence-electron chi connectivity index (χ4n) is 2.73.